The molecule has 4 nitrogen and oxygen atoms in total. The van der Waals surface area contributed by atoms with E-state index in [4.69, 9.17) is 10.2 Å². The largest absolute Gasteiger partial charge is 0.481 e. The average molecular weight is 214 g/mol. The minimum absolute atomic E-state index is 0.0803. The molecular weight excluding hydrogens is 204 g/mol. The lowest BCUT2D eigenvalue weighted by Crippen LogP contribution is -2.00. The molecule has 76 valence electrons. The van der Waals surface area contributed by atoms with Gasteiger partial charge in [0.05, 0.1) is 5.56 Å². The van der Waals surface area contributed by atoms with E-state index in [1.165, 1.54) is 11.3 Å². The van der Waals surface area contributed by atoms with E-state index < -0.39 is 11.9 Å². The molecule has 0 aliphatic carbocycles. The molecule has 1 heterocycles. The lowest BCUT2D eigenvalue weighted by atomic mass is 10.1. The lowest BCUT2D eigenvalue weighted by Gasteiger charge is -1.97. The van der Waals surface area contributed by atoms with Crippen molar-refractivity contribution in [3.8, 4) is 0 Å². The first-order chi connectivity index (χ1) is 6.61. The topological polar surface area (TPSA) is 74.6 Å². The number of carbonyl (C=O) groups is 2. The fourth-order valence-electron chi connectivity index (χ4n) is 1.12. The molecule has 0 aliphatic heterocycles. The fraction of sp³-hybridized carbons (Fsp3) is 0.333. The van der Waals surface area contributed by atoms with E-state index in [2.05, 4.69) is 0 Å². The molecular formula is C9H10O4S. The summed E-state index contributed by atoms with van der Waals surface area (Å²) in [5, 5.41) is 18.9. The van der Waals surface area contributed by atoms with Gasteiger partial charge in [0, 0.05) is 11.3 Å². The molecule has 0 fully saturated rings. The molecule has 0 saturated heterocycles. The molecule has 5 heteroatoms. The summed E-state index contributed by atoms with van der Waals surface area (Å²) >= 11 is 1.36. The Hall–Kier alpha value is -1.36. The lowest BCUT2D eigenvalue weighted by molar-refractivity contribution is -0.137. The van der Waals surface area contributed by atoms with Crippen molar-refractivity contribution < 1.29 is 19.8 Å². The summed E-state index contributed by atoms with van der Waals surface area (Å²) in [6, 6.07) is 1.54. The maximum absolute atomic E-state index is 10.7. The van der Waals surface area contributed by atoms with Crippen LogP contribution in [0.2, 0.25) is 0 Å². The zero-order valence-corrected chi connectivity index (χ0v) is 8.21. The van der Waals surface area contributed by atoms with Gasteiger partial charge in [0.25, 0.3) is 0 Å². The van der Waals surface area contributed by atoms with Gasteiger partial charge in [0.1, 0.15) is 0 Å². The van der Waals surface area contributed by atoms with Crippen LogP contribution in [0.4, 0.5) is 0 Å². The second-order valence-electron chi connectivity index (χ2n) is 2.81. The molecule has 2 N–H and O–H groups in total. The van der Waals surface area contributed by atoms with Crippen LogP contribution in [0.5, 0.6) is 0 Å². The molecule has 0 atom stereocenters. The molecule has 0 aromatic carbocycles. The van der Waals surface area contributed by atoms with E-state index in [1.807, 2.05) is 0 Å². The highest BCUT2D eigenvalue weighted by molar-refractivity contribution is 7.10. The van der Waals surface area contributed by atoms with Gasteiger partial charge in [-0.25, -0.2) is 4.79 Å². The molecule has 14 heavy (non-hydrogen) atoms. The van der Waals surface area contributed by atoms with Gasteiger partial charge in [-0.1, -0.05) is 0 Å². The molecule has 0 spiro atoms. The van der Waals surface area contributed by atoms with Gasteiger partial charge >= 0.3 is 11.9 Å². The van der Waals surface area contributed by atoms with Gasteiger partial charge in [0.15, 0.2) is 0 Å². The normalized spacial score (nSPS) is 10.0. The Morgan fingerprint density at radius 2 is 2.07 bits per heavy atom. The quantitative estimate of drug-likeness (QED) is 0.784. The van der Waals surface area contributed by atoms with Crippen molar-refractivity contribution in [3.63, 3.8) is 0 Å². The number of carboxylic acid groups (broad SMARTS) is 2. The summed E-state index contributed by atoms with van der Waals surface area (Å²) in [7, 11) is 0. The van der Waals surface area contributed by atoms with Crippen molar-refractivity contribution >= 4 is 23.3 Å². The van der Waals surface area contributed by atoms with Crippen LogP contribution in [-0.4, -0.2) is 22.2 Å². The van der Waals surface area contributed by atoms with Crippen LogP contribution in [-0.2, 0) is 11.2 Å². The Morgan fingerprint density at radius 3 is 2.64 bits per heavy atom. The van der Waals surface area contributed by atoms with Crippen molar-refractivity contribution in [2.75, 3.05) is 0 Å². The molecule has 0 bridgehead atoms. The first-order valence-corrected chi connectivity index (χ1v) is 5.00. The Balaban J connectivity index is 2.54. The third-order valence-electron chi connectivity index (χ3n) is 1.77. The summed E-state index contributed by atoms with van der Waals surface area (Å²) in [5.74, 6) is -1.80. The summed E-state index contributed by atoms with van der Waals surface area (Å²) < 4.78 is 0. The Kier molecular flexibility index (Phi) is 3.64. The number of hydrogen-bond donors (Lipinski definition) is 2. The molecule has 1 rings (SSSR count). The fourth-order valence-corrected chi connectivity index (χ4v) is 2.04. The first kappa shape index (κ1) is 10.7. The van der Waals surface area contributed by atoms with Gasteiger partial charge in [0.2, 0.25) is 0 Å². The number of aryl methyl sites for hydroxylation is 1. The van der Waals surface area contributed by atoms with Crippen molar-refractivity contribution in [3.05, 3.63) is 21.9 Å². The van der Waals surface area contributed by atoms with Crippen LogP contribution < -0.4 is 0 Å². The predicted octanol–water partition coefficient (Wildman–Crippen LogP) is 1.85. The van der Waals surface area contributed by atoms with Crippen LogP contribution in [0.1, 0.15) is 28.1 Å². The van der Waals surface area contributed by atoms with Crippen molar-refractivity contribution in [1.82, 2.24) is 0 Å². The second-order valence-corrected chi connectivity index (χ2v) is 3.81. The Labute approximate surface area is 84.8 Å². The van der Waals surface area contributed by atoms with Gasteiger partial charge in [-0.05, 0) is 24.3 Å². The highest BCUT2D eigenvalue weighted by Gasteiger charge is 2.11. The smallest absolute Gasteiger partial charge is 0.336 e. The molecule has 0 aliphatic rings. The molecule has 1 aromatic rings. The number of carboxylic acids is 2. The van der Waals surface area contributed by atoms with Crippen molar-refractivity contribution in [1.29, 1.82) is 0 Å². The predicted molar refractivity (Wildman–Crippen MR) is 51.9 cm³/mol. The van der Waals surface area contributed by atoms with Crippen LogP contribution in [0.25, 0.3) is 0 Å². The Morgan fingerprint density at radius 1 is 1.36 bits per heavy atom. The zero-order chi connectivity index (χ0) is 10.6. The summed E-state index contributed by atoms with van der Waals surface area (Å²) in [4.78, 5) is 21.7. The standard InChI is InChI=1S/C9H10O4S/c10-8(11)3-1-2-7-6(9(12)13)4-5-14-7/h4-5H,1-3H2,(H,10,11)(H,12,13). The number of rotatable bonds is 5. The highest BCUT2D eigenvalue weighted by Crippen LogP contribution is 2.19. The van der Waals surface area contributed by atoms with Gasteiger partial charge in [-0.3, -0.25) is 4.79 Å². The van der Waals surface area contributed by atoms with Gasteiger partial charge < -0.3 is 10.2 Å². The SMILES string of the molecule is O=C(O)CCCc1sccc1C(=O)O. The van der Waals surface area contributed by atoms with E-state index in [9.17, 15) is 9.59 Å². The van der Waals surface area contributed by atoms with Crippen LogP contribution >= 0.6 is 11.3 Å². The zero-order valence-electron chi connectivity index (χ0n) is 7.40. The van der Waals surface area contributed by atoms with E-state index in [-0.39, 0.29) is 6.42 Å². The summed E-state index contributed by atoms with van der Waals surface area (Å²) in [6.45, 7) is 0. The minimum Gasteiger partial charge on any atom is -0.481 e. The first-order valence-electron chi connectivity index (χ1n) is 4.12. The molecule has 0 unspecified atom stereocenters. The van der Waals surface area contributed by atoms with E-state index >= 15 is 0 Å². The van der Waals surface area contributed by atoms with Crippen LogP contribution in [0.15, 0.2) is 11.4 Å². The molecule has 0 amide bonds. The van der Waals surface area contributed by atoms with E-state index in [1.54, 1.807) is 11.4 Å². The monoisotopic (exact) mass is 214 g/mol. The summed E-state index contributed by atoms with van der Waals surface area (Å²) in [6.07, 6.45) is 1.08. The maximum atomic E-state index is 10.7. The molecule has 1 aromatic heterocycles. The number of thiophene rings is 1. The number of aliphatic carboxylic acids is 1. The third-order valence-corrected chi connectivity index (χ3v) is 2.75. The molecule has 0 saturated carbocycles. The number of aromatic carboxylic acids is 1. The third kappa shape index (κ3) is 2.85. The van der Waals surface area contributed by atoms with Crippen LogP contribution in [0, 0.1) is 0 Å². The Bertz CT molecular complexity index is 342. The second kappa shape index (κ2) is 4.76. The van der Waals surface area contributed by atoms with E-state index in [0.29, 0.717) is 18.4 Å². The van der Waals surface area contributed by atoms with Crippen LogP contribution in [0.3, 0.4) is 0 Å². The average Bonchev–Trinajstić information content (AvgIpc) is 2.51. The number of hydrogen-bond acceptors (Lipinski definition) is 3. The van der Waals surface area contributed by atoms with Crippen molar-refractivity contribution in [2.24, 2.45) is 0 Å². The van der Waals surface area contributed by atoms with Crippen molar-refractivity contribution in [2.45, 2.75) is 19.3 Å². The summed E-state index contributed by atoms with van der Waals surface area (Å²) in [5.41, 5.74) is 0.292. The van der Waals surface area contributed by atoms with E-state index in [0.717, 1.165) is 4.88 Å². The van der Waals surface area contributed by atoms with Gasteiger partial charge in [-0.2, -0.15) is 0 Å². The van der Waals surface area contributed by atoms with Gasteiger partial charge in [-0.15, -0.1) is 11.3 Å². The minimum atomic E-state index is -0.948. The maximum Gasteiger partial charge on any atom is 0.336 e. The highest BCUT2D eigenvalue weighted by atomic mass is 32.1. The molecule has 0 radical (unpaired) electrons.